The van der Waals surface area contributed by atoms with E-state index in [9.17, 15) is 13.5 Å². The van der Waals surface area contributed by atoms with E-state index < -0.39 is 10.0 Å². The van der Waals surface area contributed by atoms with E-state index in [4.69, 9.17) is 0 Å². The minimum absolute atomic E-state index is 0.201. The molecule has 2 N–H and O–H groups in total. The van der Waals surface area contributed by atoms with Gasteiger partial charge in [-0.25, -0.2) is 8.42 Å². The molecule has 20 heavy (non-hydrogen) atoms. The highest BCUT2D eigenvalue weighted by Gasteiger charge is 2.17. The fraction of sp³-hybridized carbons (Fsp3) is 0.286. The molecule has 0 unspecified atom stereocenters. The van der Waals surface area contributed by atoms with Gasteiger partial charge in [0.15, 0.2) is 0 Å². The van der Waals surface area contributed by atoms with E-state index in [1.165, 1.54) is 12.1 Å². The van der Waals surface area contributed by atoms with Crippen LogP contribution in [0.15, 0.2) is 47.5 Å². The minimum Gasteiger partial charge on any atom is -0.390 e. The maximum atomic E-state index is 12.2. The maximum absolute atomic E-state index is 12.2. The Morgan fingerprint density at radius 3 is 2.50 bits per heavy atom. The van der Waals surface area contributed by atoms with Crippen molar-refractivity contribution in [1.82, 2.24) is 4.57 Å². The Morgan fingerprint density at radius 2 is 1.90 bits per heavy atom. The van der Waals surface area contributed by atoms with Crippen molar-refractivity contribution in [2.45, 2.75) is 31.4 Å². The predicted molar refractivity (Wildman–Crippen MR) is 77.9 cm³/mol. The largest absolute Gasteiger partial charge is 0.390 e. The lowest BCUT2D eigenvalue weighted by molar-refractivity contribution is 0.271. The number of hydrogen-bond acceptors (Lipinski definition) is 3. The third-order valence-electron chi connectivity index (χ3n) is 2.99. The number of nitrogens with zero attached hydrogens (tertiary/aromatic N) is 1. The van der Waals surface area contributed by atoms with E-state index in [-0.39, 0.29) is 11.5 Å². The number of sulfonamides is 1. The van der Waals surface area contributed by atoms with Gasteiger partial charge in [-0.05, 0) is 24.6 Å². The molecule has 2 aromatic rings. The highest BCUT2D eigenvalue weighted by molar-refractivity contribution is 7.92. The van der Waals surface area contributed by atoms with E-state index in [2.05, 4.69) is 4.72 Å². The van der Waals surface area contributed by atoms with Gasteiger partial charge in [-0.1, -0.05) is 25.1 Å². The summed E-state index contributed by atoms with van der Waals surface area (Å²) in [6, 6.07) is 9.83. The second kappa shape index (κ2) is 6.11. The normalized spacial score (nSPS) is 11.5. The molecule has 0 aliphatic heterocycles. The number of anilines is 1. The molecule has 0 aliphatic carbocycles. The molecule has 0 amide bonds. The summed E-state index contributed by atoms with van der Waals surface area (Å²) >= 11 is 0. The molecule has 0 saturated carbocycles. The van der Waals surface area contributed by atoms with Crippen LogP contribution >= 0.6 is 0 Å². The summed E-state index contributed by atoms with van der Waals surface area (Å²) in [6.45, 7) is 2.55. The van der Waals surface area contributed by atoms with E-state index in [0.29, 0.717) is 11.4 Å². The summed E-state index contributed by atoms with van der Waals surface area (Å²) < 4.78 is 28.8. The van der Waals surface area contributed by atoms with Crippen molar-refractivity contribution in [2.75, 3.05) is 4.72 Å². The van der Waals surface area contributed by atoms with Crippen molar-refractivity contribution in [3.8, 4) is 0 Å². The van der Waals surface area contributed by atoms with Crippen LogP contribution in [0.2, 0.25) is 0 Å². The summed E-state index contributed by atoms with van der Waals surface area (Å²) in [6.07, 6.45) is 2.68. The van der Waals surface area contributed by atoms with Gasteiger partial charge in [-0.15, -0.1) is 0 Å². The molecule has 2 rings (SSSR count). The first kappa shape index (κ1) is 14.6. The Hall–Kier alpha value is -1.79. The summed E-state index contributed by atoms with van der Waals surface area (Å²) in [7, 11) is -3.62. The van der Waals surface area contributed by atoms with Crippen LogP contribution in [0.3, 0.4) is 0 Å². The standard InChI is InChI=1S/C14H18N2O3S/c1-2-9-16-10-8-13(14(16)11-17)15-20(18,19)12-6-4-3-5-7-12/h3-8,10,15,17H,2,9,11H2,1H3. The average Bonchev–Trinajstić information content (AvgIpc) is 2.81. The third-order valence-corrected chi connectivity index (χ3v) is 4.37. The second-order valence-electron chi connectivity index (χ2n) is 4.45. The summed E-state index contributed by atoms with van der Waals surface area (Å²) in [5.74, 6) is 0. The maximum Gasteiger partial charge on any atom is 0.261 e. The number of hydrogen-bond donors (Lipinski definition) is 2. The molecule has 1 aromatic carbocycles. The number of aliphatic hydroxyl groups is 1. The minimum atomic E-state index is -3.62. The number of nitrogens with one attached hydrogen (secondary N) is 1. The van der Waals surface area contributed by atoms with Gasteiger partial charge in [0.2, 0.25) is 0 Å². The van der Waals surface area contributed by atoms with Gasteiger partial charge in [0.05, 0.1) is 22.9 Å². The Morgan fingerprint density at radius 1 is 1.20 bits per heavy atom. The number of benzene rings is 1. The second-order valence-corrected chi connectivity index (χ2v) is 6.13. The van der Waals surface area contributed by atoms with Crippen LogP contribution in [0.5, 0.6) is 0 Å². The molecule has 0 aliphatic rings. The number of aliphatic hydroxyl groups excluding tert-OH is 1. The van der Waals surface area contributed by atoms with Gasteiger partial charge in [-0.3, -0.25) is 4.72 Å². The third kappa shape index (κ3) is 3.02. The van der Waals surface area contributed by atoms with Crippen molar-refractivity contribution in [3.63, 3.8) is 0 Å². The lowest BCUT2D eigenvalue weighted by Gasteiger charge is -2.10. The zero-order valence-corrected chi connectivity index (χ0v) is 12.1. The van der Waals surface area contributed by atoms with E-state index in [0.717, 1.165) is 13.0 Å². The number of aryl methyl sites for hydroxylation is 1. The Kier molecular flexibility index (Phi) is 4.46. The fourth-order valence-electron chi connectivity index (χ4n) is 2.03. The first-order valence-corrected chi connectivity index (χ1v) is 7.93. The smallest absolute Gasteiger partial charge is 0.261 e. The van der Waals surface area contributed by atoms with Gasteiger partial charge in [-0.2, -0.15) is 0 Å². The Labute approximate surface area is 118 Å². The topological polar surface area (TPSA) is 71.3 Å². The molecule has 0 atom stereocenters. The lowest BCUT2D eigenvalue weighted by Crippen LogP contribution is -2.14. The summed E-state index contributed by atoms with van der Waals surface area (Å²) in [4.78, 5) is 0.201. The number of rotatable bonds is 6. The van der Waals surface area contributed by atoms with Crippen LogP contribution in [-0.4, -0.2) is 18.1 Å². The molecular weight excluding hydrogens is 276 g/mol. The van der Waals surface area contributed by atoms with Crippen molar-refractivity contribution in [3.05, 3.63) is 48.3 Å². The molecule has 0 saturated heterocycles. The van der Waals surface area contributed by atoms with Crippen molar-refractivity contribution < 1.29 is 13.5 Å². The Balaban J connectivity index is 2.30. The average molecular weight is 294 g/mol. The van der Waals surface area contributed by atoms with Gasteiger partial charge >= 0.3 is 0 Å². The summed E-state index contributed by atoms with van der Waals surface area (Å²) in [5, 5.41) is 9.43. The van der Waals surface area contributed by atoms with Crippen LogP contribution in [0.1, 0.15) is 19.0 Å². The van der Waals surface area contributed by atoms with Gasteiger partial charge in [0.25, 0.3) is 10.0 Å². The summed E-state index contributed by atoms with van der Waals surface area (Å²) in [5.41, 5.74) is 0.996. The number of aromatic nitrogens is 1. The van der Waals surface area contributed by atoms with Gasteiger partial charge in [0.1, 0.15) is 0 Å². The molecule has 6 heteroatoms. The van der Waals surface area contributed by atoms with Crippen molar-refractivity contribution in [2.24, 2.45) is 0 Å². The predicted octanol–water partition coefficient (Wildman–Crippen LogP) is 2.19. The van der Waals surface area contributed by atoms with Crippen molar-refractivity contribution >= 4 is 15.7 Å². The van der Waals surface area contributed by atoms with E-state index >= 15 is 0 Å². The molecule has 1 heterocycles. The highest BCUT2D eigenvalue weighted by Crippen LogP contribution is 2.22. The Bertz CT molecular complexity index is 663. The molecule has 108 valence electrons. The van der Waals surface area contributed by atoms with Gasteiger partial charge in [0, 0.05) is 12.7 Å². The molecular formula is C14H18N2O3S. The van der Waals surface area contributed by atoms with Gasteiger partial charge < -0.3 is 9.67 Å². The molecule has 0 radical (unpaired) electrons. The monoisotopic (exact) mass is 294 g/mol. The SMILES string of the molecule is CCCn1ccc(NS(=O)(=O)c2ccccc2)c1CO. The van der Waals surface area contributed by atoms with Crippen LogP contribution in [0.4, 0.5) is 5.69 Å². The molecule has 0 bridgehead atoms. The molecule has 0 spiro atoms. The van der Waals surface area contributed by atoms with E-state index in [1.807, 2.05) is 11.5 Å². The zero-order chi connectivity index (χ0) is 14.6. The van der Waals surface area contributed by atoms with E-state index in [1.54, 1.807) is 30.5 Å². The van der Waals surface area contributed by atoms with Crippen LogP contribution in [-0.2, 0) is 23.2 Å². The van der Waals surface area contributed by atoms with Crippen LogP contribution in [0, 0.1) is 0 Å². The quantitative estimate of drug-likeness (QED) is 0.858. The fourth-order valence-corrected chi connectivity index (χ4v) is 3.14. The first-order chi connectivity index (χ1) is 9.58. The highest BCUT2D eigenvalue weighted by atomic mass is 32.2. The molecule has 5 nitrogen and oxygen atoms in total. The van der Waals surface area contributed by atoms with Crippen molar-refractivity contribution in [1.29, 1.82) is 0 Å². The van der Waals surface area contributed by atoms with Crippen LogP contribution < -0.4 is 4.72 Å². The zero-order valence-electron chi connectivity index (χ0n) is 11.3. The van der Waals surface area contributed by atoms with Crippen LogP contribution in [0.25, 0.3) is 0 Å². The molecule has 0 fully saturated rings. The molecule has 1 aromatic heterocycles. The first-order valence-electron chi connectivity index (χ1n) is 6.45. The lowest BCUT2D eigenvalue weighted by atomic mass is 10.4.